The van der Waals surface area contributed by atoms with Gasteiger partial charge in [-0.25, -0.2) is 0 Å². The molecule has 2 rings (SSSR count). The Balaban J connectivity index is 1.99. The lowest BCUT2D eigenvalue weighted by atomic mass is 9.96. The Labute approximate surface area is 132 Å². The molecule has 1 aromatic rings. The van der Waals surface area contributed by atoms with Crippen LogP contribution in [-0.4, -0.2) is 30.6 Å². The number of hydrogen-bond acceptors (Lipinski definition) is 2. The first-order valence-electron chi connectivity index (χ1n) is 7.76. The lowest BCUT2D eigenvalue weighted by molar-refractivity contribution is 0.162. The Bertz CT molecular complexity index is 425. The van der Waals surface area contributed by atoms with Crippen molar-refractivity contribution in [3.05, 3.63) is 33.8 Å². The zero-order valence-corrected chi connectivity index (χ0v) is 14.5. The Morgan fingerprint density at radius 3 is 2.60 bits per heavy atom. The van der Waals surface area contributed by atoms with Crippen LogP contribution in [0.15, 0.2) is 22.7 Å². The summed E-state index contributed by atoms with van der Waals surface area (Å²) in [6.45, 7) is 11.5. The molecule has 1 heterocycles. The van der Waals surface area contributed by atoms with E-state index in [2.05, 4.69) is 65.1 Å². The van der Waals surface area contributed by atoms with Crippen molar-refractivity contribution in [2.75, 3.05) is 19.6 Å². The molecule has 0 unspecified atom stereocenters. The molecule has 1 aromatic carbocycles. The number of nitrogens with one attached hydrogen (secondary N) is 1. The summed E-state index contributed by atoms with van der Waals surface area (Å²) in [4.78, 5) is 2.62. The van der Waals surface area contributed by atoms with Gasteiger partial charge in [0.25, 0.3) is 0 Å². The molecular formula is C17H27BrN2. The molecule has 20 heavy (non-hydrogen) atoms. The fraction of sp³-hybridized carbons (Fsp3) is 0.647. The maximum absolute atomic E-state index is 3.58. The summed E-state index contributed by atoms with van der Waals surface area (Å²) < 4.78 is 1.20. The van der Waals surface area contributed by atoms with Crippen LogP contribution >= 0.6 is 15.9 Å². The van der Waals surface area contributed by atoms with Gasteiger partial charge in [0.05, 0.1) is 0 Å². The van der Waals surface area contributed by atoms with Crippen molar-refractivity contribution in [1.82, 2.24) is 10.2 Å². The van der Waals surface area contributed by atoms with Crippen LogP contribution in [-0.2, 0) is 6.54 Å². The second-order valence-electron chi connectivity index (χ2n) is 6.30. The van der Waals surface area contributed by atoms with Gasteiger partial charge in [-0.05, 0) is 69.8 Å². The summed E-state index contributed by atoms with van der Waals surface area (Å²) in [6, 6.07) is 7.33. The van der Waals surface area contributed by atoms with Crippen molar-refractivity contribution in [2.24, 2.45) is 5.92 Å². The first-order valence-corrected chi connectivity index (χ1v) is 8.55. The van der Waals surface area contributed by atoms with E-state index in [1.165, 1.54) is 48.1 Å². The van der Waals surface area contributed by atoms with E-state index in [9.17, 15) is 0 Å². The van der Waals surface area contributed by atoms with Crippen molar-refractivity contribution in [3.63, 3.8) is 0 Å². The number of aryl methyl sites for hydroxylation is 1. The molecule has 0 atom stereocenters. The molecule has 0 saturated carbocycles. The molecule has 2 nitrogen and oxygen atoms in total. The van der Waals surface area contributed by atoms with E-state index in [1.807, 2.05) is 0 Å². The predicted octanol–water partition coefficient (Wildman–Crippen LogP) is 3.97. The van der Waals surface area contributed by atoms with E-state index in [1.54, 1.807) is 0 Å². The second kappa shape index (κ2) is 7.58. The average molecular weight is 339 g/mol. The highest BCUT2D eigenvalue weighted by Crippen LogP contribution is 2.21. The van der Waals surface area contributed by atoms with Crippen LogP contribution < -0.4 is 5.32 Å². The fourth-order valence-electron chi connectivity index (χ4n) is 2.89. The first-order chi connectivity index (χ1) is 9.56. The van der Waals surface area contributed by atoms with Gasteiger partial charge in [-0.3, -0.25) is 4.90 Å². The van der Waals surface area contributed by atoms with Crippen LogP contribution in [0.25, 0.3) is 0 Å². The molecule has 1 fully saturated rings. The van der Waals surface area contributed by atoms with E-state index >= 15 is 0 Å². The average Bonchev–Trinajstić information content (AvgIpc) is 2.43. The standard InChI is InChI=1S/C17H27BrN2/c1-13(2)20(11-15-6-8-19-9-7-15)12-16-4-5-17(18)14(3)10-16/h4-5,10,13,15,19H,6-9,11-12H2,1-3H3. The number of hydrogen-bond donors (Lipinski definition) is 1. The number of benzene rings is 1. The van der Waals surface area contributed by atoms with Crippen molar-refractivity contribution in [2.45, 2.75) is 46.2 Å². The molecule has 1 aliphatic rings. The van der Waals surface area contributed by atoms with Gasteiger partial charge in [-0.1, -0.05) is 28.1 Å². The summed E-state index contributed by atoms with van der Waals surface area (Å²) in [5, 5.41) is 3.46. The molecular weight excluding hydrogens is 312 g/mol. The van der Waals surface area contributed by atoms with Crippen LogP contribution in [0.2, 0.25) is 0 Å². The van der Waals surface area contributed by atoms with E-state index in [4.69, 9.17) is 0 Å². The molecule has 0 bridgehead atoms. The van der Waals surface area contributed by atoms with Crippen LogP contribution in [0, 0.1) is 12.8 Å². The minimum atomic E-state index is 0.605. The van der Waals surface area contributed by atoms with Gasteiger partial charge in [0, 0.05) is 23.6 Å². The maximum Gasteiger partial charge on any atom is 0.0236 e. The SMILES string of the molecule is Cc1cc(CN(CC2CCNCC2)C(C)C)ccc1Br. The summed E-state index contributed by atoms with van der Waals surface area (Å²) >= 11 is 3.58. The van der Waals surface area contributed by atoms with Crippen LogP contribution in [0.4, 0.5) is 0 Å². The predicted molar refractivity (Wildman–Crippen MR) is 90.0 cm³/mol. The van der Waals surface area contributed by atoms with Gasteiger partial charge in [-0.2, -0.15) is 0 Å². The molecule has 0 radical (unpaired) electrons. The number of rotatable bonds is 5. The molecule has 0 aromatic heterocycles. The molecule has 112 valence electrons. The van der Waals surface area contributed by atoms with Crippen molar-refractivity contribution >= 4 is 15.9 Å². The molecule has 1 N–H and O–H groups in total. The van der Waals surface area contributed by atoms with Crippen molar-refractivity contribution in [1.29, 1.82) is 0 Å². The Kier molecular flexibility index (Phi) is 6.06. The largest absolute Gasteiger partial charge is 0.317 e. The van der Waals surface area contributed by atoms with Crippen LogP contribution in [0.1, 0.15) is 37.8 Å². The van der Waals surface area contributed by atoms with Crippen molar-refractivity contribution < 1.29 is 0 Å². The quantitative estimate of drug-likeness (QED) is 0.873. The zero-order chi connectivity index (χ0) is 14.5. The number of nitrogens with zero attached hydrogens (tertiary/aromatic N) is 1. The number of halogens is 1. The highest BCUT2D eigenvalue weighted by molar-refractivity contribution is 9.10. The molecule has 1 saturated heterocycles. The Hall–Kier alpha value is -0.380. The van der Waals surface area contributed by atoms with Gasteiger partial charge in [0.15, 0.2) is 0 Å². The third-order valence-corrected chi connectivity index (χ3v) is 5.18. The summed E-state index contributed by atoms with van der Waals surface area (Å²) in [7, 11) is 0. The topological polar surface area (TPSA) is 15.3 Å². The van der Waals surface area contributed by atoms with Crippen LogP contribution in [0.3, 0.4) is 0 Å². The smallest absolute Gasteiger partial charge is 0.0236 e. The van der Waals surface area contributed by atoms with Crippen LogP contribution in [0.5, 0.6) is 0 Å². The zero-order valence-electron chi connectivity index (χ0n) is 13.0. The van der Waals surface area contributed by atoms with E-state index in [0.29, 0.717) is 6.04 Å². The van der Waals surface area contributed by atoms with Gasteiger partial charge >= 0.3 is 0 Å². The molecule has 0 amide bonds. The summed E-state index contributed by atoms with van der Waals surface area (Å²) in [5.74, 6) is 0.857. The monoisotopic (exact) mass is 338 g/mol. The van der Waals surface area contributed by atoms with Gasteiger partial charge in [-0.15, -0.1) is 0 Å². The Morgan fingerprint density at radius 1 is 1.30 bits per heavy atom. The first kappa shape index (κ1) is 16.0. The summed E-state index contributed by atoms with van der Waals surface area (Å²) in [5.41, 5.74) is 2.75. The molecule has 1 aliphatic heterocycles. The van der Waals surface area contributed by atoms with Gasteiger partial charge in [0.1, 0.15) is 0 Å². The lowest BCUT2D eigenvalue weighted by Crippen LogP contribution is -2.39. The highest BCUT2D eigenvalue weighted by atomic mass is 79.9. The minimum absolute atomic E-state index is 0.605. The molecule has 0 aliphatic carbocycles. The minimum Gasteiger partial charge on any atom is -0.317 e. The van der Waals surface area contributed by atoms with E-state index in [0.717, 1.165) is 12.5 Å². The number of piperidine rings is 1. The summed E-state index contributed by atoms with van der Waals surface area (Å²) in [6.07, 6.45) is 2.64. The molecule has 0 spiro atoms. The third-order valence-electron chi connectivity index (χ3n) is 4.29. The lowest BCUT2D eigenvalue weighted by Gasteiger charge is -2.33. The van der Waals surface area contributed by atoms with Gasteiger partial charge < -0.3 is 5.32 Å². The normalized spacial score (nSPS) is 17.1. The van der Waals surface area contributed by atoms with Crippen molar-refractivity contribution in [3.8, 4) is 0 Å². The highest BCUT2D eigenvalue weighted by Gasteiger charge is 2.19. The fourth-order valence-corrected chi connectivity index (χ4v) is 3.14. The second-order valence-corrected chi connectivity index (χ2v) is 7.15. The Morgan fingerprint density at radius 2 is 2.00 bits per heavy atom. The van der Waals surface area contributed by atoms with E-state index in [-0.39, 0.29) is 0 Å². The van der Waals surface area contributed by atoms with E-state index < -0.39 is 0 Å². The van der Waals surface area contributed by atoms with Gasteiger partial charge in [0.2, 0.25) is 0 Å². The molecule has 3 heteroatoms. The third kappa shape index (κ3) is 4.57. The maximum atomic E-state index is 3.58.